The lowest BCUT2D eigenvalue weighted by Gasteiger charge is -2.10. The predicted molar refractivity (Wildman–Crippen MR) is 92.5 cm³/mol. The fraction of sp³-hybridized carbons (Fsp3) is 0.125. The number of alkyl halides is 2. The van der Waals surface area contributed by atoms with Crippen LogP contribution in [0.25, 0.3) is 0 Å². The molecule has 9 heteroatoms. The van der Waals surface area contributed by atoms with Gasteiger partial charge in [0.05, 0.1) is 0 Å². The highest BCUT2D eigenvalue weighted by Gasteiger charge is 2.18. The maximum absolute atomic E-state index is 12.4. The number of anilines is 1. The van der Waals surface area contributed by atoms with Crippen LogP contribution >= 0.6 is 15.9 Å². The van der Waals surface area contributed by atoms with Crippen molar-refractivity contribution in [2.24, 2.45) is 10.9 Å². The summed E-state index contributed by atoms with van der Waals surface area (Å²) in [6, 6.07) is 8.95. The topological polar surface area (TPSA) is 99.9 Å². The first kappa shape index (κ1) is 18.7. The van der Waals surface area contributed by atoms with Gasteiger partial charge in [-0.3, -0.25) is 0 Å². The van der Waals surface area contributed by atoms with E-state index in [2.05, 4.69) is 25.8 Å². The van der Waals surface area contributed by atoms with E-state index in [0.29, 0.717) is 21.3 Å². The van der Waals surface area contributed by atoms with Crippen molar-refractivity contribution in [2.75, 3.05) is 5.73 Å². The summed E-state index contributed by atoms with van der Waals surface area (Å²) < 4.78 is 29.6. The number of benzene rings is 2. The van der Waals surface area contributed by atoms with Crippen LogP contribution in [-0.4, -0.2) is 18.4 Å². The number of nitrogens with zero attached hydrogens (tertiary/aromatic N) is 1. The third-order valence-electron chi connectivity index (χ3n) is 3.26. The van der Waals surface area contributed by atoms with E-state index in [-0.39, 0.29) is 17.1 Å². The number of amidine groups is 1. The van der Waals surface area contributed by atoms with Crippen molar-refractivity contribution in [1.82, 2.24) is 0 Å². The van der Waals surface area contributed by atoms with Crippen LogP contribution in [0.5, 0.6) is 5.75 Å². The van der Waals surface area contributed by atoms with Crippen LogP contribution in [0.15, 0.2) is 46.0 Å². The molecule has 2 aromatic carbocycles. The number of nitrogens with two attached hydrogens (primary N) is 2. The number of rotatable bonds is 5. The van der Waals surface area contributed by atoms with Gasteiger partial charge < -0.3 is 21.0 Å². The normalized spacial score (nSPS) is 11.5. The molecule has 25 heavy (non-hydrogen) atoms. The third-order valence-corrected chi connectivity index (χ3v) is 3.75. The standard InChI is InChI=1S/C16H14BrF2N3O3/c1-8-10(3-2-4-12(8)20)14(21)22-25-15(23)11-7-9(17)5-6-13(11)24-16(18)19/h2-7,16H,20H2,1H3,(H2,21,22). The molecule has 0 saturated carbocycles. The van der Waals surface area contributed by atoms with Crippen molar-refractivity contribution in [1.29, 1.82) is 0 Å². The Balaban J connectivity index is 2.25. The lowest BCUT2D eigenvalue weighted by Crippen LogP contribution is -2.17. The zero-order chi connectivity index (χ0) is 18.6. The van der Waals surface area contributed by atoms with Gasteiger partial charge in [0, 0.05) is 15.7 Å². The van der Waals surface area contributed by atoms with Gasteiger partial charge in [-0.25, -0.2) is 4.79 Å². The molecule has 2 aromatic rings. The molecular formula is C16H14BrF2N3O3. The number of halogens is 3. The second kappa shape index (κ2) is 7.93. The smallest absolute Gasteiger partial charge is 0.387 e. The quantitative estimate of drug-likeness (QED) is 0.257. The van der Waals surface area contributed by atoms with Gasteiger partial charge in [0.25, 0.3) is 0 Å². The van der Waals surface area contributed by atoms with Gasteiger partial charge in [0.1, 0.15) is 11.3 Å². The number of oxime groups is 1. The molecule has 0 radical (unpaired) electrons. The lowest BCUT2D eigenvalue weighted by atomic mass is 10.1. The SMILES string of the molecule is Cc1c(N)cccc1/C(N)=N/OC(=O)c1cc(Br)ccc1OC(F)F. The molecule has 0 heterocycles. The van der Waals surface area contributed by atoms with Crippen LogP contribution < -0.4 is 16.2 Å². The molecule has 0 aliphatic rings. The van der Waals surface area contributed by atoms with E-state index < -0.39 is 12.6 Å². The van der Waals surface area contributed by atoms with Crippen LogP contribution in [0.3, 0.4) is 0 Å². The van der Waals surface area contributed by atoms with Crippen LogP contribution in [0.2, 0.25) is 0 Å². The Morgan fingerprint density at radius 1 is 1.24 bits per heavy atom. The van der Waals surface area contributed by atoms with E-state index in [0.717, 1.165) is 0 Å². The fourth-order valence-corrected chi connectivity index (χ4v) is 2.34. The molecule has 2 rings (SSSR count). The van der Waals surface area contributed by atoms with E-state index >= 15 is 0 Å². The Morgan fingerprint density at radius 3 is 2.64 bits per heavy atom. The molecule has 0 aliphatic carbocycles. The van der Waals surface area contributed by atoms with Crippen molar-refractivity contribution < 1.29 is 23.1 Å². The summed E-state index contributed by atoms with van der Waals surface area (Å²) in [5, 5.41) is 3.55. The largest absolute Gasteiger partial charge is 0.434 e. The molecule has 0 atom stereocenters. The number of carbonyl (C=O) groups excluding carboxylic acids is 1. The van der Waals surface area contributed by atoms with Crippen LogP contribution in [0.1, 0.15) is 21.5 Å². The maximum Gasteiger partial charge on any atom is 0.387 e. The van der Waals surface area contributed by atoms with Crippen molar-refractivity contribution in [3.8, 4) is 5.75 Å². The van der Waals surface area contributed by atoms with Crippen molar-refractivity contribution >= 4 is 33.4 Å². The van der Waals surface area contributed by atoms with Gasteiger partial charge in [-0.05, 0) is 36.8 Å². The zero-order valence-corrected chi connectivity index (χ0v) is 14.6. The Kier molecular flexibility index (Phi) is 5.92. The van der Waals surface area contributed by atoms with Crippen LogP contribution in [-0.2, 0) is 4.84 Å². The highest BCUT2D eigenvalue weighted by Crippen LogP contribution is 2.25. The predicted octanol–water partition coefficient (Wildman–Crippen LogP) is 3.42. The summed E-state index contributed by atoms with van der Waals surface area (Å²) >= 11 is 3.14. The number of ether oxygens (including phenoxy) is 1. The third kappa shape index (κ3) is 4.66. The van der Waals surface area contributed by atoms with Crippen molar-refractivity contribution in [3.05, 3.63) is 57.6 Å². The Labute approximate surface area is 150 Å². The van der Waals surface area contributed by atoms with Gasteiger partial charge in [0.15, 0.2) is 5.84 Å². The van der Waals surface area contributed by atoms with E-state index in [1.165, 1.54) is 18.2 Å². The molecule has 132 valence electrons. The zero-order valence-electron chi connectivity index (χ0n) is 13.0. The first-order valence-corrected chi connectivity index (χ1v) is 7.73. The first-order valence-electron chi connectivity index (χ1n) is 6.94. The second-order valence-corrected chi connectivity index (χ2v) is 5.81. The lowest BCUT2D eigenvalue weighted by molar-refractivity contribution is -0.0504. The number of nitrogen functional groups attached to an aromatic ring is 1. The van der Waals surface area contributed by atoms with Crippen LogP contribution in [0, 0.1) is 6.92 Å². The number of carbonyl (C=O) groups is 1. The van der Waals surface area contributed by atoms with Gasteiger partial charge in [-0.2, -0.15) is 8.78 Å². The summed E-state index contributed by atoms with van der Waals surface area (Å²) in [5.74, 6) is -1.41. The van der Waals surface area contributed by atoms with Crippen molar-refractivity contribution in [2.45, 2.75) is 13.5 Å². The van der Waals surface area contributed by atoms with Gasteiger partial charge in [-0.15, -0.1) is 0 Å². The van der Waals surface area contributed by atoms with Gasteiger partial charge in [0.2, 0.25) is 0 Å². The molecule has 0 spiro atoms. The fourth-order valence-electron chi connectivity index (χ4n) is 1.98. The first-order chi connectivity index (χ1) is 11.8. The summed E-state index contributed by atoms with van der Waals surface area (Å²) in [4.78, 5) is 16.9. The maximum atomic E-state index is 12.4. The van der Waals surface area contributed by atoms with Gasteiger partial charge >= 0.3 is 12.6 Å². The highest BCUT2D eigenvalue weighted by molar-refractivity contribution is 9.10. The summed E-state index contributed by atoms with van der Waals surface area (Å²) in [7, 11) is 0. The Morgan fingerprint density at radius 2 is 1.96 bits per heavy atom. The molecular weight excluding hydrogens is 400 g/mol. The summed E-state index contributed by atoms with van der Waals surface area (Å²) in [5.41, 5.74) is 13.0. The molecule has 0 fully saturated rings. The Hall–Kier alpha value is -2.68. The number of hydrogen-bond donors (Lipinski definition) is 2. The summed E-state index contributed by atoms with van der Waals surface area (Å²) in [6.07, 6.45) is 0. The molecule has 6 nitrogen and oxygen atoms in total. The van der Waals surface area contributed by atoms with Crippen molar-refractivity contribution in [3.63, 3.8) is 0 Å². The average molecular weight is 414 g/mol. The van der Waals surface area contributed by atoms with E-state index in [1.807, 2.05) is 0 Å². The summed E-state index contributed by atoms with van der Waals surface area (Å²) in [6.45, 7) is -1.35. The molecule has 0 aliphatic heterocycles. The molecule has 0 bridgehead atoms. The second-order valence-electron chi connectivity index (χ2n) is 4.89. The molecule has 0 saturated heterocycles. The highest BCUT2D eigenvalue weighted by atomic mass is 79.9. The average Bonchev–Trinajstić information content (AvgIpc) is 2.56. The van der Waals surface area contributed by atoms with E-state index in [4.69, 9.17) is 16.3 Å². The van der Waals surface area contributed by atoms with Crippen LogP contribution in [0.4, 0.5) is 14.5 Å². The number of hydrogen-bond acceptors (Lipinski definition) is 5. The minimum absolute atomic E-state index is 0.0792. The van der Waals surface area contributed by atoms with Gasteiger partial charge in [-0.1, -0.05) is 33.2 Å². The van der Waals surface area contributed by atoms with E-state index in [1.54, 1.807) is 25.1 Å². The minimum Gasteiger partial charge on any atom is -0.434 e. The Bertz CT molecular complexity index is 828. The minimum atomic E-state index is -3.09. The molecule has 0 unspecified atom stereocenters. The monoisotopic (exact) mass is 413 g/mol. The van der Waals surface area contributed by atoms with E-state index in [9.17, 15) is 13.6 Å². The molecule has 0 amide bonds. The molecule has 4 N–H and O–H groups in total. The molecule has 0 aromatic heterocycles.